The number of aromatic nitrogens is 1. The summed E-state index contributed by atoms with van der Waals surface area (Å²) >= 11 is 0.900. The van der Waals surface area contributed by atoms with Gasteiger partial charge in [-0.1, -0.05) is 30.3 Å². The van der Waals surface area contributed by atoms with Crippen LogP contribution in [0.2, 0.25) is 0 Å². The van der Waals surface area contributed by atoms with Crippen molar-refractivity contribution in [1.29, 1.82) is 0 Å². The first-order valence-electron chi connectivity index (χ1n) is 10.9. The van der Waals surface area contributed by atoms with Crippen LogP contribution in [0.3, 0.4) is 0 Å². The van der Waals surface area contributed by atoms with E-state index in [1.807, 2.05) is 55.1 Å². The monoisotopic (exact) mass is 503 g/mol. The van der Waals surface area contributed by atoms with Crippen molar-refractivity contribution >= 4 is 28.4 Å². The second-order valence-corrected chi connectivity index (χ2v) is 9.70. The molecule has 1 atom stereocenters. The summed E-state index contributed by atoms with van der Waals surface area (Å²) in [6.45, 7) is 4.47. The fourth-order valence-corrected chi connectivity index (χ4v) is 5.20. The normalized spacial score (nSPS) is 18.0. The fourth-order valence-electron chi connectivity index (χ4n) is 4.25. The number of ether oxygens (including phenoxy) is 1. The Morgan fingerprint density at radius 3 is 2.66 bits per heavy atom. The van der Waals surface area contributed by atoms with Gasteiger partial charge >= 0.3 is 6.18 Å². The van der Waals surface area contributed by atoms with Crippen LogP contribution in [0.15, 0.2) is 60.2 Å². The number of aldehydes is 1. The van der Waals surface area contributed by atoms with Gasteiger partial charge in [0.2, 0.25) is 5.78 Å². The van der Waals surface area contributed by atoms with E-state index in [9.17, 15) is 22.8 Å². The fraction of sp³-hybridized carbons (Fsp3) is 0.320. The number of carbonyl (C=O) groups is 2. The van der Waals surface area contributed by atoms with Crippen molar-refractivity contribution in [3.8, 4) is 5.75 Å². The van der Waals surface area contributed by atoms with Gasteiger partial charge in [0, 0.05) is 29.2 Å². The van der Waals surface area contributed by atoms with Crippen LogP contribution >= 0.6 is 11.3 Å². The van der Waals surface area contributed by atoms with E-state index in [1.54, 1.807) is 17.3 Å². The summed E-state index contributed by atoms with van der Waals surface area (Å²) in [5.74, 6) is -0.117. The number of ketones is 1. The van der Waals surface area contributed by atoms with Gasteiger partial charge in [0.15, 0.2) is 6.29 Å². The molecule has 0 bridgehead atoms. The molecule has 0 aliphatic carbocycles. The minimum atomic E-state index is -4.49. The molecule has 3 aromatic rings. The van der Waals surface area contributed by atoms with E-state index in [2.05, 4.69) is 4.98 Å². The number of benzene rings is 1. The Morgan fingerprint density at radius 1 is 1.26 bits per heavy atom. The van der Waals surface area contributed by atoms with E-state index in [-0.39, 0.29) is 18.0 Å². The van der Waals surface area contributed by atoms with Gasteiger partial charge in [-0.25, -0.2) is 0 Å². The van der Waals surface area contributed by atoms with E-state index in [1.165, 1.54) is 0 Å². The van der Waals surface area contributed by atoms with Crippen LogP contribution < -0.4 is 9.64 Å². The highest BCUT2D eigenvalue weighted by molar-refractivity contribution is 7.14. The molecule has 3 heterocycles. The Hall–Kier alpha value is -3.24. The second-order valence-electron chi connectivity index (χ2n) is 8.81. The molecule has 184 valence electrons. The lowest BCUT2D eigenvalue weighted by molar-refractivity contribution is -0.137. The van der Waals surface area contributed by atoms with Crippen LogP contribution in [0.5, 0.6) is 5.75 Å². The number of nitrogens with zero attached hydrogens (tertiary/aromatic N) is 3. The molecule has 2 aromatic heterocycles. The average molecular weight is 504 g/mol. The van der Waals surface area contributed by atoms with Crippen molar-refractivity contribution in [2.75, 3.05) is 11.6 Å². The minimum Gasteiger partial charge on any atom is -0.487 e. The standard InChI is InChI=1S/C25H24F3N3O3S/c1-24(2)23(20(33)13-32)31(22-10-19(15-35-22)25(26,27)28)16-30(24)12-18-8-9-29-11-21(18)34-14-17-6-4-3-5-7-17/h3-11,13,15,23H,12,14,16H2,1-2H3. The van der Waals surface area contributed by atoms with E-state index in [4.69, 9.17) is 4.74 Å². The van der Waals surface area contributed by atoms with Crippen LogP contribution in [-0.2, 0) is 28.9 Å². The summed E-state index contributed by atoms with van der Waals surface area (Å²) in [5.41, 5.74) is 0.173. The van der Waals surface area contributed by atoms with E-state index in [0.717, 1.165) is 33.9 Å². The third-order valence-electron chi connectivity index (χ3n) is 6.17. The third kappa shape index (κ3) is 5.23. The van der Waals surface area contributed by atoms with Crippen LogP contribution in [-0.4, -0.2) is 40.2 Å². The Balaban J connectivity index is 1.60. The Bertz CT molecular complexity index is 1200. The van der Waals surface area contributed by atoms with Crippen LogP contribution in [0.1, 0.15) is 30.5 Å². The minimum absolute atomic E-state index is 0.162. The van der Waals surface area contributed by atoms with Gasteiger partial charge in [-0.15, -0.1) is 11.3 Å². The van der Waals surface area contributed by atoms with Crippen molar-refractivity contribution in [2.45, 2.75) is 44.8 Å². The quantitative estimate of drug-likeness (QED) is 0.321. The molecule has 0 amide bonds. The molecule has 0 radical (unpaired) electrons. The highest BCUT2D eigenvalue weighted by Gasteiger charge is 2.50. The number of carbonyl (C=O) groups excluding carboxylic acids is 2. The van der Waals surface area contributed by atoms with Gasteiger partial charge < -0.3 is 9.64 Å². The first kappa shape index (κ1) is 24.9. The molecule has 0 saturated carbocycles. The summed E-state index contributed by atoms with van der Waals surface area (Å²) in [7, 11) is 0. The predicted molar refractivity (Wildman–Crippen MR) is 126 cm³/mol. The number of rotatable bonds is 8. The van der Waals surface area contributed by atoms with E-state index >= 15 is 0 Å². The SMILES string of the molecule is CC1(C)C(C(=O)C=O)N(c2cc(C(F)(F)F)cs2)CN1Cc1ccncc1OCc1ccccc1. The van der Waals surface area contributed by atoms with Crippen LogP contribution in [0.25, 0.3) is 0 Å². The number of hydrogen-bond acceptors (Lipinski definition) is 7. The van der Waals surface area contributed by atoms with E-state index in [0.29, 0.717) is 18.9 Å². The number of pyridine rings is 1. The zero-order chi connectivity index (χ0) is 25.2. The highest BCUT2D eigenvalue weighted by Crippen LogP contribution is 2.42. The maximum Gasteiger partial charge on any atom is 0.417 e. The molecule has 1 aliphatic rings. The molecular formula is C25H24F3N3O3S. The van der Waals surface area contributed by atoms with E-state index < -0.39 is 29.1 Å². The van der Waals surface area contributed by atoms with Gasteiger partial charge in [-0.2, -0.15) is 13.2 Å². The van der Waals surface area contributed by atoms with Crippen LogP contribution in [0.4, 0.5) is 18.2 Å². The Labute approximate surface area is 205 Å². The smallest absolute Gasteiger partial charge is 0.417 e. The van der Waals surface area contributed by atoms with Gasteiger partial charge in [0.1, 0.15) is 18.4 Å². The third-order valence-corrected chi connectivity index (χ3v) is 7.13. The molecule has 1 unspecified atom stereocenters. The number of halogens is 3. The van der Waals surface area contributed by atoms with Crippen molar-refractivity contribution in [1.82, 2.24) is 9.88 Å². The van der Waals surface area contributed by atoms with Gasteiger partial charge in [-0.05, 0) is 31.5 Å². The zero-order valence-electron chi connectivity index (χ0n) is 19.2. The molecule has 35 heavy (non-hydrogen) atoms. The van der Waals surface area contributed by atoms with Crippen molar-refractivity contribution < 1.29 is 27.5 Å². The number of anilines is 1. The largest absolute Gasteiger partial charge is 0.487 e. The molecule has 1 aromatic carbocycles. The first-order chi connectivity index (χ1) is 16.6. The molecule has 10 heteroatoms. The molecule has 1 saturated heterocycles. The molecule has 6 nitrogen and oxygen atoms in total. The Kier molecular flexibility index (Phi) is 6.95. The summed E-state index contributed by atoms with van der Waals surface area (Å²) in [6.07, 6.45) is -1.01. The molecule has 0 spiro atoms. The highest BCUT2D eigenvalue weighted by atomic mass is 32.1. The lowest BCUT2D eigenvalue weighted by Gasteiger charge is -2.34. The topological polar surface area (TPSA) is 62.7 Å². The van der Waals surface area contributed by atoms with Crippen molar-refractivity contribution in [3.05, 3.63) is 76.9 Å². The molecule has 1 fully saturated rings. The molecule has 0 N–H and O–H groups in total. The lowest BCUT2D eigenvalue weighted by atomic mass is 9.91. The van der Waals surface area contributed by atoms with Crippen molar-refractivity contribution in [2.24, 2.45) is 0 Å². The Morgan fingerprint density at radius 2 is 2.00 bits per heavy atom. The summed E-state index contributed by atoms with van der Waals surface area (Å²) in [4.78, 5) is 31.8. The first-order valence-corrected chi connectivity index (χ1v) is 11.8. The molecular weight excluding hydrogens is 479 g/mol. The second kappa shape index (κ2) is 9.79. The maximum atomic E-state index is 13.2. The predicted octanol–water partition coefficient (Wildman–Crippen LogP) is 4.94. The summed E-state index contributed by atoms with van der Waals surface area (Å²) in [6, 6.07) is 11.6. The lowest BCUT2D eigenvalue weighted by Crippen LogP contribution is -2.51. The summed E-state index contributed by atoms with van der Waals surface area (Å²) < 4.78 is 45.6. The molecule has 1 aliphatic heterocycles. The zero-order valence-corrected chi connectivity index (χ0v) is 20.0. The maximum absolute atomic E-state index is 13.2. The summed E-state index contributed by atoms with van der Waals surface area (Å²) in [5, 5.41) is 1.30. The van der Waals surface area contributed by atoms with Gasteiger partial charge in [0.25, 0.3) is 0 Å². The average Bonchev–Trinajstić information content (AvgIpc) is 3.42. The number of Topliss-reactive ketones (excluding diaryl/α,β-unsaturated/α-hetero) is 1. The number of alkyl halides is 3. The van der Waals surface area contributed by atoms with Gasteiger partial charge in [-0.3, -0.25) is 19.5 Å². The number of thiophene rings is 1. The number of hydrogen-bond donors (Lipinski definition) is 0. The molecule has 4 rings (SSSR count). The van der Waals surface area contributed by atoms with Crippen LogP contribution in [0, 0.1) is 0 Å². The van der Waals surface area contributed by atoms with Gasteiger partial charge in [0.05, 0.1) is 23.4 Å². The van der Waals surface area contributed by atoms with Crippen molar-refractivity contribution in [3.63, 3.8) is 0 Å².